The van der Waals surface area contributed by atoms with Gasteiger partial charge in [-0.1, -0.05) is 37.7 Å². The van der Waals surface area contributed by atoms with Gasteiger partial charge in [0.15, 0.2) is 5.16 Å². The van der Waals surface area contributed by atoms with Crippen LogP contribution in [0.1, 0.15) is 27.7 Å². The fraction of sp³-hybridized carbons (Fsp3) is 0.348. The molecule has 0 aliphatic heterocycles. The van der Waals surface area contributed by atoms with Crippen molar-refractivity contribution >= 4 is 28.6 Å². The smallest absolute Gasteiger partial charge is 0.266 e. The summed E-state index contributed by atoms with van der Waals surface area (Å²) in [6, 6.07) is 14.6. The van der Waals surface area contributed by atoms with Crippen molar-refractivity contribution in [3.05, 3.63) is 58.9 Å². The molecule has 1 N–H and O–H groups in total. The quantitative estimate of drug-likeness (QED) is 0.436. The number of hydrogen-bond acceptors (Lipinski definition) is 5. The Bertz CT molecular complexity index is 1080. The molecular formula is C23H27N3O3S. The molecular weight excluding hydrogens is 398 g/mol. The standard InChI is InChI=1S/C23H27N3O3S/c1-5-29-18-12-10-17(11-13-18)26-22(28)19-8-6-7-9-20(19)25-23(26)30-16(4)21(27)24-14-15(2)3/h6-13,15-16H,5,14H2,1-4H3,(H,24,27)/t16-/m0/s1. The molecule has 0 saturated carbocycles. The molecule has 7 heteroatoms. The van der Waals surface area contributed by atoms with Crippen LogP contribution in [0, 0.1) is 5.92 Å². The Kier molecular flexibility index (Phi) is 7.15. The van der Waals surface area contributed by atoms with Crippen molar-refractivity contribution < 1.29 is 9.53 Å². The molecule has 0 aliphatic rings. The molecule has 6 nitrogen and oxygen atoms in total. The van der Waals surface area contributed by atoms with Gasteiger partial charge in [-0.05, 0) is 56.2 Å². The number of fused-ring (bicyclic) bond motifs is 1. The molecule has 2 aromatic carbocycles. The Morgan fingerprint density at radius 1 is 1.13 bits per heavy atom. The van der Waals surface area contributed by atoms with Gasteiger partial charge in [0, 0.05) is 6.54 Å². The van der Waals surface area contributed by atoms with Crippen LogP contribution in [-0.4, -0.2) is 33.9 Å². The lowest BCUT2D eigenvalue weighted by atomic mass is 10.2. The molecule has 1 atom stereocenters. The Morgan fingerprint density at radius 3 is 2.50 bits per heavy atom. The lowest BCUT2D eigenvalue weighted by Crippen LogP contribution is -2.34. The first-order chi connectivity index (χ1) is 14.4. The molecule has 1 heterocycles. The molecule has 0 fully saturated rings. The summed E-state index contributed by atoms with van der Waals surface area (Å²) in [6.45, 7) is 9.02. The number of nitrogens with zero attached hydrogens (tertiary/aromatic N) is 2. The number of aromatic nitrogens is 2. The zero-order chi connectivity index (χ0) is 21.7. The largest absolute Gasteiger partial charge is 0.494 e. The highest BCUT2D eigenvalue weighted by molar-refractivity contribution is 8.00. The monoisotopic (exact) mass is 425 g/mol. The number of ether oxygens (including phenoxy) is 1. The van der Waals surface area contributed by atoms with Crippen molar-refractivity contribution in [1.29, 1.82) is 0 Å². The van der Waals surface area contributed by atoms with Gasteiger partial charge >= 0.3 is 0 Å². The van der Waals surface area contributed by atoms with Gasteiger partial charge in [0.05, 0.1) is 28.4 Å². The third kappa shape index (κ3) is 5.02. The van der Waals surface area contributed by atoms with E-state index in [9.17, 15) is 9.59 Å². The van der Waals surface area contributed by atoms with Gasteiger partial charge in [-0.25, -0.2) is 4.98 Å². The van der Waals surface area contributed by atoms with E-state index in [-0.39, 0.29) is 11.5 Å². The number of carbonyl (C=O) groups is 1. The van der Waals surface area contributed by atoms with E-state index in [2.05, 4.69) is 5.32 Å². The number of thioether (sulfide) groups is 1. The summed E-state index contributed by atoms with van der Waals surface area (Å²) < 4.78 is 7.07. The van der Waals surface area contributed by atoms with E-state index < -0.39 is 5.25 Å². The Labute approximate surface area is 180 Å². The van der Waals surface area contributed by atoms with Gasteiger partial charge in [0.25, 0.3) is 5.56 Å². The van der Waals surface area contributed by atoms with E-state index >= 15 is 0 Å². The first kappa shape index (κ1) is 21.9. The molecule has 3 rings (SSSR count). The van der Waals surface area contributed by atoms with Crippen molar-refractivity contribution in [2.24, 2.45) is 5.92 Å². The average molecular weight is 426 g/mol. The van der Waals surface area contributed by atoms with Gasteiger partial charge in [0.2, 0.25) is 5.91 Å². The van der Waals surface area contributed by atoms with Crippen LogP contribution in [0.15, 0.2) is 58.5 Å². The third-order valence-electron chi connectivity index (χ3n) is 4.49. The second-order valence-electron chi connectivity index (χ2n) is 7.38. The van der Waals surface area contributed by atoms with Crippen molar-refractivity contribution in [3.8, 4) is 11.4 Å². The minimum absolute atomic E-state index is 0.0747. The fourth-order valence-corrected chi connectivity index (χ4v) is 3.89. The molecule has 1 aromatic heterocycles. The van der Waals surface area contributed by atoms with Crippen LogP contribution in [0.25, 0.3) is 16.6 Å². The SMILES string of the molecule is CCOc1ccc(-n2c(S[C@@H](C)C(=O)NCC(C)C)nc3ccccc3c2=O)cc1. The average Bonchev–Trinajstić information content (AvgIpc) is 2.73. The van der Waals surface area contributed by atoms with Crippen molar-refractivity contribution in [2.45, 2.75) is 38.1 Å². The van der Waals surface area contributed by atoms with Crippen LogP contribution in [0.5, 0.6) is 5.75 Å². The maximum Gasteiger partial charge on any atom is 0.266 e. The zero-order valence-electron chi connectivity index (χ0n) is 17.7. The summed E-state index contributed by atoms with van der Waals surface area (Å²) in [7, 11) is 0. The predicted molar refractivity (Wildman–Crippen MR) is 122 cm³/mol. The summed E-state index contributed by atoms with van der Waals surface area (Å²) >= 11 is 1.28. The van der Waals surface area contributed by atoms with Gasteiger partial charge in [-0.3, -0.25) is 14.2 Å². The Hall–Kier alpha value is -2.80. The molecule has 0 saturated heterocycles. The van der Waals surface area contributed by atoms with E-state index in [1.807, 2.05) is 70.2 Å². The number of nitrogens with one attached hydrogen (secondary N) is 1. The third-order valence-corrected chi connectivity index (χ3v) is 5.54. The minimum atomic E-state index is -0.397. The van der Waals surface area contributed by atoms with Crippen molar-refractivity contribution in [3.63, 3.8) is 0 Å². The molecule has 0 bridgehead atoms. The van der Waals surface area contributed by atoms with E-state index in [1.165, 1.54) is 11.8 Å². The molecule has 0 unspecified atom stereocenters. The molecule has 0 aliphatic carbocycles. The normalized spacial score (nSPS) is 12.2. The van der Waals surface area contributed by atoms with Crippen LogP contribution in [-0.2, 0) is 4.79 Å². The molecule has 158 valence electrons. The second kappa shape index (κ2) is 9.80. The number of para-hydroxylation sites is 1. The maximum atomic E-state index is 13.3. The van der Waals surface area contributed by atoms with Gasteiger partial charge in [-0.15, -0.1) is 0 Å². The second-order valence-corrected chi connectivity index (χ2v) is 8.69. The van der Waals surface area contributed by atoms with E-state index in [1.54, 1.807) is 10.6 Å². The van der Waals surface area contributed by atoms with E-state index in [0.29, 0.717) is 40.8 Å². The van der Waals surface area contributed by atoms with Gasteiger partial charge in [0.1, 0.15) is 5.75 Å². The maximum absolute atomic E-state index is 13.3. The van der Waals surface area contributed by atoms with Crippen LogP contribution in [0.3, 0.4) is 0 Å². The van der Waals surface area contributed by atoms with Gasteiger partial charge in [-0.2, -0.15) is 0 Å². The summed E-state index contributed by atoms with van der Waals surface area (Å²) in [5.74, 6) is 1.03. The summed E-state index contributed by atoms with van der Waals surface area (Å²) in [5.41, 5.74) is 1.13. The van der Waals surface area contributed by atoms with Crippen molar-refractivity contribution in [1.82, 2.24) is 14.9 Å². The van der Waals surface area contributed by atoms with E-state index in [4.69, 9.17) is 9.72 Å². The predicted octanol–water partition coefficient (Wildman–Crippen LogP) is 4.04. The van der Waals surface area contributed by atoms with Gasteiger partial charge < -0.3 is 10.1 Å². The molecule has 3 aromatic rings. The lowest BCUT2D eigenvalue weighted by Gasteiger charge is -2.17. The molecule has 0 spiro atoms. The lowest BCUT2D eigenvalue weighted by molar-refractivity contribution is -0.120. The van der Waals surface area contributed by atoms with Crippen LogP contribution < -0.4 is 15.6 Å². The number of benzene rings is 2. The Morgan fingerprint density at radius 2 is 1.83 bits per heavy atom. The Balaban J connectivity index is 2.02. The van der Waals surface area contributed by atoms with Crippen LogP contribution >= 0.6 is 11.8 Å². The zero-order valence-corrected chi connectivity index (χ0v) is 18.5. The van der Waals surface area contributed by atoms with Crippen molar-refractivity contribution in [2.75, 3.05) is 13.2 Å². The summed E-state index contributed by atoms with van der Waals surface area (Å²) in [4.78, 5) is 30.5. The molecule has 1 amide bonds. The van der Waals surface area contributed by atoms with Crippen LogP contribution in [0.2, 0.25) is 0 Å². The first-order valence-corrected chi connectivity index (χ1v) is 11.0. The fourth-order valence-electron chi connectivity index (χ4n) is 2.94. The number of hydrogen-bond donors (Lipinski definition) is 1. The van der Waals surface area contributed by atoms with E-state index in [0.717, 1.165) is 5.75 Å². The highest BCUT2D eigenvalue weighted by atomic mass is 32.2. The number of carbonyl (C=O) groups excluding carboxylic acids is 1. The molecule has 0 radical (unpaired) electrons. The minimum Gasteiger partial charge on any atom is -0.494 e. The van der Waals surface area contributed by atoms with Crippen LogP contribution in [0.4, 0.5) is 0 Å². The first-order valence-electron chi connectivity index (χ1n) is 10.1. The summed E-state index contributed by atoms with van der Waals surface area (Å²) in [5, 5.41) is 3.56. The highest BCUT2D eigenvalue weighted by Crippen LogP contribution is 2.26. The number of amides is 1. The molecule has 30 heavy (non-hydrogen) atoms. The topological polar surface area (TPSA) is 73.2 Å². The highest BCUT2D eigenvalue weighted by Gasteiger charge is 2.20. The number of rotatable bonds is 8. The summed E-state index contributed by atoms with van der Waals surface area (Å²) in [6.07, 6.45) is 0.